The van der Waals surface area contributed by atoms with Crippen molar-refractivity contribution < 1.29 is 17.9 Å². The Kier molecular flexibility index (Phi) is 5.01. The van der Waals surface area contributed by atoms with Gasteiger partial charge in [-0.2, -0.15) is 17.7 Å². The molecule has 3 rings (SSSR count). The number of fused-ring (bicyclic) bond motifs is 1. The van der Waals surface area contributed by atoms with Crippen LogP contribution in [0.5, 0.6) is 0 Å². The van der Waals surface area contributed by atoms with Crippen LogP contribution in [0.3, 0.4) is 0 Å². The van der Waals surface area contributed by atoms with Crippen LogP contribution in [0.25, 0.3) is 5.65 Å². The summed E-state index contributed by atoms with van der Waals surface area (Å²) in [6, 6.07) is 9.81. The molecule has 6 nitrogen and oxygen atoms in total. The highest BCUT2D eigenvalue weighted by Crippen LogP contribution is 2.28. The molecule has 0 fully saturated rings. The first-order valence-corrected chi connectivity index (χ1v) is 8.02. The summed E-state index contributed by atoms with van der Waals surface area (Å²) in [5, 5.41) is 14.2. The minimum absolute atomic E-state index is 0.0107. The van der Waals surface area contributed by atoms with E-state index in [2.05, 4.69) is 20.6 Å². The van der Waals surface area contributed by atoms with Gasteiger partial charge < -0.3 is 10.1 Å². The number of benzene rings is 1. The third kappa shape index (κ3) is 3.73. The summed E-state index contributed by atoms with van der Waals surface area (Å²) in [5.74, 6) is -0.934. The van der Waals surface area contributed by atoms with Crippen molar-refractivity contribution in [3.05, 3.63) is 52.8 Å². The Hall–Kier alpha value is -2.39. The van der Waals surface area contributed by atoms with Gasteiger partial charge in [0.25, 0.3) is 5.82 Å². The smallest absolute Gasteiger partial charge is 0.375 e. The van der Waals surface area contributed by atoms with Crippen LogP contribution in [0, 0.1) is 0 Å². The summed E-state index contributed by atoms with van der Waals surface area (Å²) in [5.41, 5.74) is 0.884. The van der Waals surface area contributed by atoms with Gasteiger partial charge in [0.1, 0.15) is 11.9 Å². The first-order chi connectivity index (χ1) is 12.3. The van der Waals surface area contributed by atoms with E-state index in [1.807, 2.05) is 19.1 Å². The van der Waals surface area contributed by atoms with Crippen molar-refractivity contribution in [3.63, 3.8) is 0 Å². The molecule has 2 aromatic heterocycles. The normalized spacial score (nSPS) is 14.4. The third-order valence-electron chi connectivity index (χ3n) is 3.80. The lowest BCUT2D eigenvalue weighted by molar-refractivity contribution is -0.146. The maximum absolute atomic E-state index is 13.0. The summed E-state index contributed by atoms with van der Waals surface area (Å²) in [7, 11) is 1.55. The number of halogens is 4. The van der Waals surface area contributed by atoms with Crippen molar-refractivity contribution in [2.24, 2.45) is 0 Å². The number of nitrogens with zero attached hydrogens (tertiary/aromatic N) is 4. The number of anilines is 1. The molecule has 2 atom stereocenters. The quantitative estimate of drug-likeness (QED) is 0.719. The molecule has 10 heteroatoms. The van der Waals surface area contributed by atoms with E-state index in [0.717, 1.165) is 5.56 Å². The molecule has 0 amide bonds. The molecule has 138 valence electrons. The van der Waals surface area contributed by atoms with E-state index < -0.39 is 12.0 Å². The molecule has 1 aromatic carbocycles. The van der Waals surface area contributed by atoms with E-state index in [0.29, 0.717) is 9.54 Å². The summed E-state index contributed by atoms with van der Waals surface area (Å²) in [6.07, 6.45) is -5.00. The Morgan fingerprint density at radius 1 is 1.12 bits per heavy atom. The molecule has 0 radical (unpaired) electrons. The van der Waals surface area contributed by atoms with Crippen LogP contribution < -0.4 is 5.32 Å². The number of aromatic nitrogens is 4. The molecule has 0 bridgehead atoms. The number of ether oxygens (including phenoxy) is 1. The lowest BCUT2D eigenvalue weighted by atomic mass is 10.0. The first-order valence-electron chi connectivity index (χ1n) is 7.64. The zero-order chi connectivity index (χ0) is 18.9. The minimum atomic E-state index is -4.64. The molecule has 0 aliphatic carbocycles. The van der Waals surface area contributed by atoms with Crippen molar-refractivity contribution in [3.8, 4) is 0 Å². The summed E-state index contributed by atoms with van der Waals surface area (Å²) in [6.45, 7) is 1.84. The zero-order valence-corrected chi connectivity index (χ0v) is 14.6. The number of alkyl halides is 3. The number of nitrogens with one attached hydrogen (secondary N) is 1. The van der Waals surface area contributed by atoms with Crippen LogP contribution >= 0.6 is 11.6 Å². The topological polar surface area (TPSA) is 64.3 Å². The van der Waals surface area contributed by atoms with Gasteiger partial charge >= 0.3 is 6.18 Å². The van der Waals surface area contributed by atoms with E-state index in [9.17, 15) is 13.2 Å². The van der Waals surface area contributed by atoms with Crippen molar-refractivity contribution in [2.45, 2.75) is 25.2 Å². The van der Waals surface area contributed by atoms with Crippen molar-refractivity contribution in [2.75, 3.05) is 12.4 Å². The van der Waals surface area contributed by atoms with E-state index in [-0.39, 0.29) is 23.6 Å². The highest BCUT2D eigenvalue weighted by molar-refractivity contribution is 6.30. The molecule has 26 heavy (non-hydrogen) atoms. The largest absolute Gasteiger partial charge is 0.453 e. The van der Waals surface area contributed by atoms with Gasteiger partial charge in [0.2, 0.25) is 0 Å². The van der Waals surface area contributed by atoms with Crippen LogP contribution in [0.15, 0.2) is 36.4 Å². The third-order valence-corrected chi connectivity index (χ3v) is 4.05. The van der Waals surface area contributed by atoms with Crippen molar-refractivity contribution >= 4 is 23.1 Å². The fourth-order valence-electron chi connectivity index (χ4n) is 2.63. The second-order valence-electron chi connectivity index (χ2n) is 5.65. The van der Waals surface area contributed by atoms with Gasteiger partial charge in [-0.25, -0.2) is 0 Å². The Morgan fingerprint density at radius 3 is 2.42 bits per heavy atom. The van der Waals surface area contributed by atoms with Gasteiger partial charge in [-0.05, 0) is 36.8 Å². The van der Waals surface area contributed by atoms with Crippen LogP contribution in [-0.4, -0.2) is 33.0 Å². The molecular weight excluding hydrogens is 371 g/mol. The molecule has 2 heterocycles. The van der Waals surface area contributed by atoms with Gasteiger partial charge in [-0.3, -0.25) is 0 Å². The summed E-state index contributed by atoms with van der Waals surface area (Å²) >= 11 is 5.89. The second kappa shape index (κ2) is 7.08. The van der Waals surface area contributed by atoms with E-state index >= 15 is 0 Å². The zero-order valence-electron chi connectivity index (χ0n) is 13.8. The Bertz CT molecular complexity index is 897. The van der Waals surface area contributed by atoms with Gasteiger partial charge in [-0.1, -0.05) is 23.7 Å². The fraction of sp³-hybridized carbons (Fsp3) is 0.312. The maximum atomic E-state index is 13.0. The predicted molar refractivity (Wildman–Crippen MR) is 90.1 cm³/mol. The van der Waals surface area contributed by atoms with Crippen LogP contribution in [-0.2, 0) is 10.9 Å². The highest BCUT2D eigenvalue weighted by atomic mass is 35.5. The number of hydrogen-bond acceptors (Lipinski definition) is 5. The molecular formula is C16H15ClF3N5O. The van der Waals surface area contributed by atoms with Gasteiger partial charge in [0.15, 0.2) is 5.65 Å². The first kappa shape index (κ1) is 18.4. The van der Waals surface area contributed by atoms with E-state index in [4.69, 9.17) is 16.3 Å². The van der Waals surface area contributed by atoms with Crippen molar-refractivity contribution in [1.29, 1.82) is 0 Å². The molecule has 0 saturated carbocycles. The monoisotopic (exact) mass is 385 g/mol. The maximum Gasteiger partial charge on any atom is 0.453 e. The van der Waals surface area contributed by atoms with Crippen LogP contribution in [0.1, 0.15) is 24.4 Å². The molecule has 3 aromatic rings. The second-order valence-corrected chi connectivity index (χ2v) is 6.09. The number of hydrogen-bond donors (Lipinski definition) is 1. The number of methoxy groups -OCH3 is 1. The summed E-state index contributed by atoms with van der Waals surface area (Å²) < 4.78 is 45.1. The molecule has 0 aliphatic rings. The Labute approximate surface area is 151 Å². The van der Waals surface area contributed by atoms with Gasteiger partial charge in [0, 0.05) is 12.1 Å². The lowest BCUT2D eigenvalue weighted by Crippen LogP contribution is -2.26. The minimum Gasteiger partial charge on any atom is -0.375 e. The lowest BCUT2D eigenvalue weighted by Gasteiger charge is -2.24. The molecule has 0 saturated heterocycles. The van der Waals surface area contributed by atoms with E-state index in [1.165, 1.54) is 12.1 Å². The number of rotatable bonds is 5. The van der Waals surface area contributed by atoms with E-state index in [1.54, 1.807) is 19.2 Å². The van der Waals surface area contributed by atoms with Crippen LogP contribution in [0.4, 0.5) is 19.0 Å². The highest BCUT2D eigenvalue weighted by Gasteiger charge is 2.37. The van der Waals surface area contributed by atoms with Crippen molar-refractivity contribution in [1.82, 2.24) is 19.8 Å². The Balaban J connectivity index is 1.86. The predicted octanol–water partition coefficient (Wildman–Crippen LogP) is 3.98. The molecule has 0 spiro atoms. The standard InChI is InChI=1S/C16H15ClF3N5O/c1-9(14(26-2)10-3-5-11(17)6-4-10)21-12-7-8-13-22-23-15(16(18,19)20)25(13)24-12/h3-9,14H,1-2H3,(H,21,24). The van der Waals surface area contributed by atoms with Crippen LogP contribution in [0.2, 0.25) is 5.02 Å². The van der Waals surface area contributed by atoms with Gasteiger partial charge in [-0.15, -0.1) is 15.3 Å². The summed E-state index contributed by atoms with van der Waals surface area (Å²) in [4.78, 5) is 0. The van der Waals surface area contributed by atoms with Gasteiger partial charge in [0.05, 0.1) is 6.04 Å². The molecule has 2 unspecified atom stereocenters. The molecule has 1 N–H and O–H groups in total. The molecule has 0 aliphatic heterocycles. The fourth-order valence-corrected chi connectivity index (χ4v) is 2.76. The SMILES string of the molecule is COC(c1ccc(Cl)cc1)C(C)Nc1ccc2nnc(C(F)(F)F)n2n1. The Morgan fingerprint density at radius 2 is 1.81 bits per heavy atom. The average molecular weight is 386 g/mol. The average Bonchev–Trinajstić information content (AvgIpc) is 3.00.